The number of hydrogen-bond acceptors (Lipinski definition) is 6. The van der Waals surface area contributed by atoms with Crippen LogP contribution in [0.5, 0.6) is 0 Å². The molecule has 0 saturated carbocycles. The minimum absolute atomic E-state index is 0.204. The fourth-order valence-corrected chi connectivity index (χ4v) is 3.34. The van der Waals surface area contributed by atoms with Crippen LogP contribution in [0.4, 0.5) is 16.6 Å². The lowest BCUT2D eigenvalue weighted by Crippen LogP contribution is -2.11. The van der Waals surface area contributed by atoms with Crippen molar-refractivity contribution in [3.63, 3.8) is 0 Å². The van der Waals surface area contributed by atoms with E-state index in [1.165, 1.54) is 11.3 Å². The Morgan fingerprint density at radius 2 is 2.04 bits per heavy atom. The molecule has 0 aliphatic rings. The molecule has 1 amide bonds. The minimum atomic E-state index is -0.204. The Morgan fingerprint density at radius 3 is 2.88 bits per heavy atom. The van der Waals surface area contributed by atoms with Gasteiger partial charge in [0.2, 0.25) is 0 Å². The van der Waals surface area contributed by atoms with E-state index in [1.807, 2.05) is 38.1 Å². The molecule has 3 N–H and O–H groups in total. The van der Waals surface area contributed by atoms with Gasteiger partial charge in [0, 0.05) is 11.6 Å². The summed E-state index contributed by atoms with van der Waals surface area (Å²) in [4.78, 5) is 21.7. The van der Waals surface area contributed by atoms with Crippen LogP contribution < -0.4 is 10.6 Å². The van der Waals surface area contributed by atoms with Gasteiger partial charge in [-0.25, -0.2) is 9.97 Å². The lowest BCUT2D eigenvalue weighted by molar-refractivity contribution is 0.103. The van der Waals surface area contributed by atoms with Crippen molar-refractivity contribution in [2.45, 2.75) is 13.8 Å². The normalized spacial score (nSPS) is 10.8. The largest absolute Gasteiger partial charge is 0.320 e. The highest BCUT2D eigenvalue weighted by atomic mass is 32.1. The minimum Gasteiger partial charge on any atom is -0.320 e. The standard InChI is InChI=1S/C18H16N6OS/c1-10-5-6-19-15(7-10)22-18-20-9-14(26-18)17(25)23-16-11(2)3-4-13-12(16)8-21-24-13/h3-9H,1-2H3,(H,21,24)(H,23,25)(H,19,20,22). The molecule has 0 fully saturated rings. The van der Waals surface area contributed by atoms with Gasteiger partial charge in [-0.2, -0.15) is 5.10 Å². The van der Waals surface area contributed by atoms with Gasteiger partial charge in [0.15, 0.2) is 5.13 Å². The molecule has 0 bridgehead atoms. The second-order valence-corrected chi connectivity index (χ2v) is 6.95. The number of nitrogens with one attached hydrogen (secondary N) is 3. The SMILES string of the molecule is Cc1ccnc(Nc2ncc(C(=O)Nc3c(C)ccc4[nH]ncc34)s2)c1. The monoisotopic (exact) mass is 364 g/mol. The van der Waals surface area contributed by atoms with Crippen molar-refractivity contribution >= 4 is 44.8 Å². The zero-order chi connectivity index (χ0) is 18.1. The molecule has 26 heavy (non-hydrogen) atoms. The maximum absolute atomic E-state index is 12.6. The molecule has 0 spiro atoms. The van der Waals surface area contributed by atoms with Crippen LogP contribution in [-0.2, 0) is 0 Å². The first kappa shape index (κ1) is 16.2. The van der Waals surface area contributed by atoms with Crippen LogP contribution in [0.15, 0.2) is 42.9 Å². The third-order valence-electron chi connectivity index (χ3n) is 3.95. The van der Waals surface area contributed by atoms with E-state index in [-0.39, 0.29) is 5.91 Å². The number of thiazole rings is 1. The molecule has 7 nitrogen and oxygen atoms in total. The number of anilines is 3. The summed E-state index contributed by atoms with van der Waals surface area (Å²) in [6, 6.07) is 7.73. The first-order chi connectivity index (χ1) is 12.6. The third kappa shape index (κ3) is 3.14. The molecule has 4 aromatic rings. The average molecular weight is 364 g/mol. The fourth-order valence-electron chi connectivity index (χ4n) is 2.62. The van der Waals surface area contributed by atoms with Crippen molar-refractivity contribution in [3.05, 3.63) is 58.9 Å². The molecule has 0 radical (unpaired) electrons. The van der Waals surface area contributed by atoms with Gasteiger partial charge in [-0.15, -0.1) is 0 Å². The maximum Gasteiger partial charge on any atom is 0.267 e. The fraction of sp³-hybridized carbons (Fsp3) is 0.111. The summed E-state index contributed by atoms with van der Waals surface area (Å²) in [6.07, 6.45) is 5.00. The van der Waals surface area contributed by atoms with E-state index in [9.17, 15) is 4.79 Å². The van der Waals surface area contributed by atoms with Gasteiger partial charge in [-0.1, -0.05) is 17.4 Å². The number of aryl methyl sites for hydroxylation is 2. The summed E-state index contributed by atoms with van der Waals surface area (Å²) >= 11 is 1.28. The summed E-state index contributed by atoms with van der Waals surface area (Å²) in [5, 5.41) is 14.5. The van der Waals surface area contributed by atoms with Gasteiger partial charge in [0.1, 0.15) is 10.7 Å². The smallest absolute Gasteiger partial charge is 0.267 e. The van der Waals surface area contributed by atoms with Crippen LogP contribution in [0.1, 0.15) is 20.8 Å². The number of aromatic nitrogens is 4. The molecule has 3 heterocycles. The highest BCUT2D eigenvalue weighted by molar-refractivity contribution is 7.17. The van der Waals surface area contributed by atoms with E-state index in [0.717, 1.165) is 27.7 Å². The van der Waals surface area contributed by atoms with Crippen LogP contribution in [0.2, 0.25) is 0 Å². The van der Waals surface area contributed by atoms with Crippen LogP contribution >= 0.6 is 11.3 Å². The molecule has 0 unspecified atom stereocenters. The predicted octanol–water partition coefficient (Wildman–Crippen LogP) is 4.03. The van der Waals surface area contributed by atoms with Gasteiger partial charge in [0.25, 0.3) is 5.91 Å². The Bertz CT molecular complexity index is 1100. The lowest BCUT2D eigenvalue weighted by atomic mass is 10.1. The Hall–Kier alpha value is -3.26. The van der Waals surface area contributed by atoms with Crippen LogP contribution in [0.3, 0.4) is 0 Å². The molecule has 8 heteroatoms. The molecule has 0 aliphatic carbocycles. The quantitative estimate of drug-likeness (QED) is 0.508. The zero-order valence-corrected chi connectivity index (χ0v) is 15.0. The summed E-state index contributed by atoms with van der Waals surface area (Å²) in [5.41, 5.74) is 3.70. The number of H-pyrrole nitrogens is 1. The van der Waals surface area contributed by atoms with Crippen molar-refractivity contribution in [1.29, 1.82) is 0 Å². The van der Waals surface area contributed by atoms with E-state index < -0.39 is 0 Å². The lowest BCUT2D eigenvalue weighted by Gasteiger charge is -2.08. The Balaban J connectivity index is 1.55. The number of carbonyl (C=O) groups excluding carboxylic acids is 1. The molecule has 1 aromatic carbocycles. The molecule has 0 saturated heterocycles. The number of rotatable bonds is 4. The van der Waals surface area contributed by atoms with Gasteiger partial charge < -0.3 is 10.6 Å². The molecule has 0 aliphatic heterocycles. The van der Waals surface area contributed by atoms with Gasteiger partial charge in [-0.3, -0.25) is 9.89 Å². The van der Waals surface area contributed by atoms with E-state index in [4.69, 9.17) is 0 Å². The number of aromatic amines is 1. The topological polar surface area (TPSA) is 95.6 Å². The summed E-state index contributed by atoms with van der Waals surface area (Å²) in [7, 11) is 0. The summed E-state index contributed by atoms with van der Waals surface area (Å²) in [5.74, 6) is 0.495. The van der Waals surface area contributed by atoms with Crippen molar-refractivity contribution in [3.8, 4) is 0 Å². The second-order valence-electron chi connectivity index (χ2n) is 5.92. The molecule has 0 atom stereocenters. The van der Waals surface area contributed by atoms with Crippen LogP contribution in [0.25, 0.3) is 10.9 Å². The third-order valence-corrected chi connectivity index (χ3v) is 4.86. The predicted molar refractivity (Wildman–Crippen MR) is 103 cm³/mol. The van der Waals surface area contributed by atoms with Crippen molar-refractivity contribution in [1.82, 2.24) is 20.2 Å². The van der Waals surface area contributed by atoms with Gasteiger partial charge >= 0.3 is 0 Å². The first-order valence-corrected chi connectivity index (χ1v) is 8.81. The number of amides is 1. The maximum atomic E-state index is 12.6. The number of hydrogen-bond donors (Lipinski definition) is 3. The molecular formula is C18H16N6OS. The molecule has 3 aromatic heterocycles. The van der Waals surface area contributed by atoms with E-state index in [2.05, 4.69) is 30.8 Å². The van der Waals surface area contributed by atoms with Crippen LogP contribution in [-0.4, -0.2) is 26.1 Å². The number of fused-ring (bicyclic) bond motifs is 1. The second kappa shape index (κ2) is 6.57. The Morgan fingerprint density at radius 1 is 1.15 bits per heavy atom. The Kier molecular flexibility index (Phi) is 4.10. The van der Waals surface area contributed by atoms with E-state index >= 15 is 0 Å². The van der Waals surface area contributed by atoms with Crippen molar-refractivity contribution < 1.29 is 4.79 Å². The molecule has 4 rings (SSSR count). The number of carbonyl (C=O) groups is 1. The highest BCUT2D eigenvalue weighted by Crippen LogP contribution is 2.28. The zero-order valence-electron chi connectivity index (χ0n) is 14.2. The highest BCUT2D eigenvalue weighted by Gasteiger charge is 2.15. The van der Waals surface area contributed by atoms with Gasteiger partial charge in [-0.05, 0) is 43.2 Å². The Labute approximate surface area is 153 Å². The number of pyridine rings is 1. The van der Waals surface area contributed by atoms with E-state index in [1.54, 1.807) is 18.6 Å². The first-order valence-electron chi connectivity index (χ1n) is 8.00. The van der Waals surface area contributed by atoms with Crippen LogP contribution in [0, 0.1) is 13.8 Å². The number of benzene rings is 1. The van der Waals surface area contributed by atoms with Crippen molar-refractivity contribution in [2.75, 3.05) is 10.6 Å². The van der Waals surface area contributed by atoms with Gasteiger partial charge in [0.05, 0.1) is 23.6 Å². The number of nitrogens with zero attached hydrogens (tertiary/aromatic N) is 3. The molecule has 130 valence electrons. The summed E-state index contributed by atoms with van der Waals surface area (Å²) in [6.45, 7) is 3.94. The molecular weight excluding hydrogens is 348 g/mol. The summed E-state index contributed by atoms with van der Waals surface area (Å²) < 4.78 is 0. The van der Waals surface area contributed by atoms with Crippen molar-refractivity contribution in [2.24, 2.45) is 0 Å². The average Bonchev–Trinajstić information content (AvgIpc) is 3.27. The van der Waals surface area contributed by atoms with E-state index in [0.29, 0.717) is 15.8 Å².